The summed E-state index contributed by atoms with van der Waals surface area (Å²) in [5.41, 5.74) is 0.534. The van der Waals surface area contributed by atoms with E-state index in [1.807, 2.05) is 18.6 Å². The fourth-order valence-corrected chi connectivity index (χ4v) is 3.99. The Morgan fingerprint density at radius 3 is 2.19 bits per heavy atom. The van der Waals surface area contributed by atoms with Crippen LogP contribution in [0.15, 0.2) is 29.2 Å². The van der Waals surface area contributed by atoms with Crippen molar-refractivity contribution in [1.29, 1.82) is 0 Å². The van der Waals surface area contributed by atoms with Gasteiger partial charge in [-0.25, -0.2) is 27.5 Å². The molecular weight excluding hydrogens is 440 g/mol. The van der Waals surface area contributed by atoms with Crippen LogP contribution in [0, 0.1) is 11.8 Å². The third kappa shape index (κ3) is 5.75. The number of amides is 5. The van der Waals surface area contributed by atoms with Crippen molar-refractivity contribution in [2.24, 2.45) is 11.8 Å². The smallest absolute Gasteiger partial charge is 0.329 e. The van der Waals surface area contributed by atoms with Gasteiger partial charge in [0, 0.05) is 0 Å². The maximum Gasteiger partial charge on any atom is 0.329 e. The highest BCUT2D eigenvalue weighted by Gasteiger charge is 2.39. The Bertz CT molecular complexity index is 990. The summed E-state index contributed by atoms with van der Waals surface area (Å²) in [4.78, 5) is 49.2. The normalized spacial score (nSPS) is 17.3. The summed E-state index contributed by atoms with van der Waals surface area (Å²) in [6.07, 6.45) is 0. The van der Waals surface area contributed by atoms with Gasteiger partial charge in [-0.05, 0) is 29.5 Å². The number of benzene rings is 1. The Morgan fingerprint density at radius 1 is 1.12 bits per heavy atom. The second kappa shape index (κ2) is 9.98. The molecule has 2 unspecified atom stereocenters. The van der Waals surface area contributed by atoms with E-state index in [0.29, 0.717) is 5.56 Å². The minimum atomic E-state index is -4.22. The molecule has 1 aromatic carbocycles. The van der Waals surface area contributed by atoms with Crippen LogP contribution in [0.25, 0.3) is 0 Å². The molecule has 1 fully saturated rings. The first-order valence-corrected chi connectivity index (χ1v) is 11.5. The van der Waals surface area contributed by atoms with Crippen LogP contribution in [0.2, 0.25) is 0 Å². The summed E-state index contributed by atoms with van der Waals surface area (Å²) in [7, 11) is -3.06. The number of nitrogens with one attached hydrogen (secondary N) is 3. The van der Waals surface area contributed by atoms with E-state index >= 15 is 0 Å². The van der Waals surface area contributed by atoms with Gasteiger partial charge in [0.25, 0.3) is 15.9 Å². The number of nitrogens with zero attached hydrogens (tertiary/aromatic N) is 1. The standard InChI is InChI=1S/C20H28N4O7S/c1-11(2)15-17(25)24(20(28)22-15)10-13-6-8-14(9-7-13)32(29,30)23-19(27)21-16(12(3)4)18(26)31-5/h6-9,11-12,15-16H,10H2,1-5H3,(H,22,28)(H2,21,23,27). The lowest BCUT2D eigenvalue weighted by Crippen LogP contribution is -2.50. The van der Waals surface area contributed by atoms with Crippen LogP contribution < -0.4 is 15.4 Å². The average molecular weight is 469 g/mol. The number of rotatable bonds is 8. The number of imide groups is 1. The van der Waals surface area contributed by atoms with E-state index in [-0.39, 0.29) is 29.2 Å². The molecule has 0 bridgehead atoms. The number of hydrogen-bond donors (Lipinski definition) is 3. The Morgan fingerprint density at radius 2 is 1.72 bits per heavy atom. The van der Waals surface area contributed by atoms with E-state index in [9.17, 15) is 27.6 Å². The van der Waals surface area contributed by atoms with E-state index in [1.165, 1.54) is 24.3 Å². The second-order valence-corrected chi connectivity index (χ2v) is 9.75. The SMILES string of the molecule is COC(=O)C(NC(=O)NS(=O)(=O)c1ccc(CN2C(=O)NC(C(C)C)C2=O)cc1)C(C)C. The van der Waals surface area contributed by atoms with Gasteiger partial charge in [0.2, 0.25) is 0 Å². The summed E-state index contributed by atoms with van der Waals surface area (Å²) in [6, 6.07) is 2.21. The van der Waals surface area contributed by atoms with Crippen LogP contribution in [-0.2, 0) is 30.9 Å². The van der Waals surface area contributed by atoms with Crippen LogP contribution in [0.5, 0.6) is 0 Å². The summed E-state index contributed by atoms with van der Waals surface area (Å²) >= 11 is 0. The Kier molecular flexibility index (Phi) is 7.83. The molecule has 3 N–H and O–H groups in total. The molecule has 2 rings (SSSR count). The molecule has 0 radical (unpaired) electrons. The van der Waals surface area contributed by atoms with Crippen LogP contribution in [0.1, 0.15) is 33.3 Å². The molecule has 0 aliphatic carbocycles. The minimum Gasteiger partial charge on any atom is -0.467 e. The molecule has 0 saturated carbocycles. The number of methoxy groups -OCH3 is 1. The molecule has 176 valence electrons. The molecular formula is C20H28N4O7S. The molecule has 1 heterocycles. The van der Waals surface area contributed by atoms with Crippen molar-refractivity contribution in [2.75, 3.05) is 7.11 Å². The van der Waals surface area contributed by atoms with Crippen LogP contribution >= 0.6 is 0 Å². The number of urea groups is 2. The van der Waals surface area contributed by atoms with Crippen molar-refractivity contribution in [1.82, 2.24) is 20.3 Å². The minimum absolute atomic E-state index is 0.0165. The van der Waals surface area contributed by atoms with Gasteiger partial charge >= 0.3 is 18.0 Å². The molecule has 2 atom stereocenters. The van der Waals surface area contributed by atoms with Crippen molar-refractivity contribution in [2.45, 2.75) is 51.2 Å². The number of sulfonamides is 1. The molecule has 11 nitrogen and oxygen atoms in total. The van der Waals surface area contributed by atoms with Gasteiger partial charge in [0.15, 0.2) is 0 Å². The van der Waals surface area contributed by atoms with Crippen molar-refractivity contribution < 1.29 is 32.3 Å². The quantitative estimate of drug-likeness (QED) is 0.379. The van der Waals surface area contributed by atoms with Gasteiger partial charge in [-0.2, -0.15) is 0 Å². The Labute approximate surface area is 186 Å². The second-order valence-electron chi connectivity index (χ2n) is 8.06. The monoisotopic (exact) mass is 468 g/mol. The van der Waals surface area contributed by atoms with Crippen molar-refractivity contribution in [3.63, 3.8) is 0 Å². The van der Waals surface area contributed by atoms with Gasteiger partial charge in [-0.15, -0.1) is 0 Å². The molecule has 1 saturated heterocycles. The fraction of sp³-hybridized carbons (Fsp3) is 0.500. The van der Waals surface area contributed by atoms with Gasteiger partial charge < -0.3 is 15.4 Å². The number of esters is 1. The molecule has 0 spiro atoms. The predicted octanol–water partition coefficient (Wildman–Crippen LogP) is 0.949. The van der Waals surface area contributed by atoms with Crippen LogP contribution in [0.4, 0.5) is 9.59 Å². The van der Waals surface area contributed by atoms with Crippen LogP contribution in [-0.4, -0.2) is 56.4 Å². The molecule has 0 aromatic heterocycles. The first-order chi connectivity index (χ1) is 14.9. The maximum atomic E-state index is 12.5. The zero-order valence-electron chi connectivity index (χ0n) is 18.5. The zero-order chi connectivity index (χ0) is 24.2. The Hall–Kier alpha value is -3.15. The number of ether oxygens (including phenoxy) is 1. The lowest BCUT2D eigenvalue weighted by atomic mass is 10.0. The number of hydrogen-bond acceptors (Lipinski definition) is 7. The van der Waals surface area contributed by atoms with Crippen LogP contribution in [0.3, 0.4) is 0 Å². The maximum absolute atomic E-state index is 12.5. The van der Waals surface area contributed by atoms with Gasteiger partial charge in [0.05, 0.1) is 18.6 Å². The first kappa shape index (κ1) is 25.1. The summed E-state index contributed by atoms with van der Waals surface area (Å²) in [6.45, 7) is 6.97. The lowest BCUT2D eigenvalue weighted by molar-refractivity contribution is -0.144. The van der Waals surface area contributed by atoms with Gasteiger partial charge in [-0.1, -0.05) is 39.8 Å². The average Bonchev–Trinajstić information content (AvgIpc) is 2.99. The largest absolute Gasteiger partial charge is 0.467 e. The number of carbonyl (C=O) groups excluding carboxylic acids is 4. The van der Waals surface area contributed by atoms with E-state index < -0.39 is 40.1 Å². The van der Waals surface area contributed by atoms with E-state index in [1.54, 1.807) is 13.8 Å². The third-order valence-corrected chi connectivity index (χ3v) is 6.28. The molecule has 1 aliphatic rings. The van der Waals surface area contributed by atoms with Crippen molar-refractivity contribution in [3.05, 3.63) is 29.8 Å². The highest BCUT2D eigenvalue weighted by Crippen LogP contribution is 2.18. The van der Waals surface area contributed by atoms with E-state index in [2.05, 4.69) is 15.4 Å². The number of carbonyl (C=O) groups is 4. The molecule has 12 heteroatoms. The van der Waals surface area contributed by atoms with Gasteiger partial charge in [0.1, 0.15) is 12.1 Å². The predicted molar refractivity (Wildman–Crippen MR) is 114 cm³/mol. The lowest BCUT2D eigenvalue weighted by Gasteiger charge is -2.20. The summed E-state index contributed by atoms with van der Waals surface area (Å²) in [5.74, 6) is -1.42. The highest BCUT2D eigenvalue weighted by atomic mass is 32.2. The van der Waals surface area contributed by atoms with Crippen molar-refractivity contribution in [3.8, 4) is 0 Å². The van der Waals surface area contributed by atoms with E-state index in [4.69, 9.17) is 0 Å². The molecule has 32 heavy (non-hydrogen) atoms. The van der Waals surface area contributed by atoms with Gasteiger partial charge in [-0.3, -0.25) is 9.69 Å². The highest BCUT2D eigenvalue weighted by molar-refractivity contribution is 7.90. The first-order valence-electron chi connectivity index (χ1n) is 9.99. The Balaban J connectivity index is 2.06. The fourth-order valence-electron chi connectivity index (χ4n) is 3.08. The van der Waals surface area contributed by atoms with Crippen molar-refractivity contribution >= 4 is 34.0 Å². The molecule has 5 amide bonds. The molecule has 1 aromatic rings. The third-order valence-electron chi connectivity index (χ3n) is 4.93. The molecule has 1 aliphatic heterocycles. The summed E-state index contributed by atoms with van der Waals surface area (Å²) < 4.78 is 31.4. The zero-order valence-corrected chi connectivity index (χ0v) is 19.4. The van der Waals surface area contributed by atoms with E-state index in [0.717, 1.165) is 12.0 Å². The summed E-state index contributed by atoms with van der Waals surface area (Å²) in [5, 5.41) is 4.90. The topological polar surface area (TPSA) is 151 Å².